The highest BCUT2D eigenvalue weighted by Crippen LogP contribution is 2.49. The number of hydrogen-bond donors (Lipinski definition) is 1. The lowest BCUT2D eigenvalue weighted by atomic mass is 10.1. The van der Waals surface area contributed by atoms with E-state index in [-0.39, 0.29) is 17.7 Å². The number of likely N-dealkylation sites (tertiary alicyclic amines) is 1. The second-order valence-corrected chi connectivity index (χ2v) is 6.10. The standard InChI is InChI=1S/C16H16F3NO3/c17-16(18,19)10-5-3-9(4-6-10)11-8-12(11)14(21)20-7-1-2-13(20)15(22)23/h3-6,11-13H,1-2,7-8H2,(H,22,23)/t11?,12?,13-/m1/s1. The molecule has 2 unspecified atom stereocenters. The van der Waals surface area contributed by atoms with Crippen LogP contribution in [-0.4, -0.2) is 34.5 Å². The summed E-state index contributed by atoms with van der Waals surface area (Å²) >= 11 is 0. The molecule has 1 heterocycles. The Hall–Kier alpha value is -2.05. The average molecular weight is 327 g/mol. The van der Waals surface area contributed by atoms with Gasteiger partial charge in [0.15, 0.2) is 0 Å². The maximum atomic E-state index is 12.5. The molecule has 1 amide bonds. The highest BCUT2D eigenvalue weighted by atomic mass is 19.4. The van der Waals surface area contributed by atoms with E-state index < -0.39 is 23.8 Å². The summed E-state index contributed by atoms with van der Waals surface area (Å²) in [5.74, 6) is -1.62. The molecule has 3 rings (SSSR count). The molecule has 3 atom stereocenters. The van der Waals surface area contributed by atoms with E-state index in [1.54, 1.807) is 0 Å². The first-order valence-corrected chi connectivity index (χ1v) is 7.49. The van der Waals surface area contributed by atoms with Gasteiger partial charge in [-0.3, -0.25) is 4.79 Å². The number of carboxylic acid groups (broad SMARTS) is 1. The van der Waals surface area contributed by atoms with Crippen molar-refractivity contribution in [2.24, 2.45) is 5.92 Å². The average Bonchev–Trinajstić information content (AvgIpc) is 3.13. The van der Waals surface area contributed by atoms with Crippen molar-refractivity contribution < 1.29 is 27.9 Å². The molecule has 23 heavy (non-hydrogen) atoms. The number of alkyl halides is 3. The predicted molar refractivity (Wildman–Crippen MR) is 74.7 cm³/mol. The van der Waals surface area contributed by atoms with Crippen LogP contribution < -0.4 is 0 Å². The molecule has 0 spiro atoms. The number of amides is 1. The smallest absolute Gasteiger partial charge is 0.416 e. The van der Waals surface area contributed by atoms with E-state index in [9.17, 15) is 22.8 Å². The minimum atomic E-state index is -4.37. The van der Waals surface area contributed by atoms with Gasteiger partial charge in [0.05, 0.1) is 5.56 Å². The van der Waals surface area contributed by atoms with E-state index in [2.05, 4.69) is 0 Å². The van der Waals surface area contributed by atoms with E-state index in [1.807, 2.05) is 0 Å². The van der Waals surface area contributed by atoms with Crippen LogP contribution in [0.25, 0.3) is 0 Å². The molecule has 2 aliphatic rings. The SMILES string of the molecule is O=C(O)[C@H]1CCCN1C(=O)C1CC1c1ccc(C(F)(F)F)cc1. The second-order valence-electron chi connectivity index (χ2n) is 6.10. The van der Waals surface area contributed by atoms with Crippen molar-refractivity contribution in [3.8, 4) is 0 Å². The molecule has 2 fully saturated rings. The van der Waals surface area contributed by atoms with Crippen molar-refractivity contribution in [3.63, 3.8) is 0 Å². The van der Waals surface area contributed by atoms with Gasteiger partial charge in [-0.2, -0.15) is 13.2 Å². The number of benzene rings is 1. The number of halogens is 3. The Morgan fingerprint density at radius 2 is 1.83 bits per heavy atom. The quantitative estimate of drug-likeness (QED) is 0.929. The first kappa shape index (κ1) is 15.8. The van der Waals surface area contributed by atoms with Crippen LogP contribution in [0.2, 0.25) is 0 Å². The summed E-state index contributed by atoms with van der Waals surface area (Å²) in [7, 11) is 0. The summed E-state index contributed by atoms with van der Waals surface area (Å²) in [6, 6.07) is 4.08. The molecule has 1 N–H and O–H groups in total. The van der Waals surface area contributed by atoms with Gasteiger partial charge in [0.1, 0.15) is 6.04 Å². The van der Waals surface area contributed by atoms with Gasteiger partial charge in [0, 0.05) is 12.5 Å². The third-order valence-corrected chi connectivity index (χ3v) is 4.59. The molecule has 7 heteroatoms. The fourth-order valence-electron chi connectivity index (χ4n) is 3.26. The van der Waals surface area contributed by atoms with Crippen molar-refractivity contribution in [1.29, 1.82) is 0 Å². The third-order valence-electron chi connectivity index (χ3n) is 4.59. The van der Waals surface area contributed by atoms with Crippen LogP contribution >= 0.6 is 0 Å². The summed E-state index contributed by atoms with van der Waals surface area (Å²) in [4.78, 5) is 25.0. The lowest BCUT2D eigenvalue weighted by Gasteiger charge is -2.21. The molecule has 0 aromatic heterocycles. The van der Waals surface area contributed by atoms with Crippen LogP contribution in [-0.2, 0) is 15.8 Å². The third kappa shape index (κ3) is 3.04. The molecule has 1 aromatic carbocycles. The zero-order valence-corrected chi connectivity index (χ0v) is 12.2. The monoisotopic (exact) mass is 327 g/mol. The second kappa shape index (κ2) is 5.54. The Balaban J connectivity index is 1.67. The molecule has 1 aromatic rings. The highest BCUT2D eigenvalue weighted by Gasteiger charge is 2.48. The topological polar surface area (TPSA) is 57.6 Å². The van der Waals surface area contributed by atoms with Gasteiger partial charge in [0.25, 0.3) is 0 Å². The van der Waals surface area contributed by atoms with Gasteiger partial charge in [0.2, 0.25) is 5.91 Å². The van der Waals surface area contributed by atoms with Crippen LogP contribution in [0.4, 0.5) is 13.2 Å². The fraction of sp³-hybridized carbons (Fsp3) is 0.500. The molecule has 1 aliphatic carbocycles. The zero-order valence-electron chi connectivity index (χ0n) is 12.2. The van der Waals surface area contributed by atoms with Crippen LogP contribution in [0.1, 0.15) is 36.3 Å². The van der Waals surface area contributed by atoms with Gasteiger partial charge >= 0.3 is 12.1 Å². The van der Waals surface area contributed by atoms with E-state index in [0.29, 0.717) is 31.4 Å². The van der Waals surface area contributed by atoms with Gasteiger partial charge in [-0.15, -0.1) is 0 Å². The molecule has 0 bridgehead atoms. The fourth-order valence-corrected chi connectivity index (χ4v) is 3.26. The number of carbonyl (C=O) groups excluding carboxylic acids is 1. The Morgan fingerprint density at radius 3 is 2.39 bits per heavy atom. The maximum absolute atomic E-state index is 12.5. The van der Waals surface area contributed by atoms with Gasteiger partial charge < -0.3 is 10.0 Å². The van der Waals surface area contributed by atoms with Gasteiger partial charge in [-0.1, -0.05) is 12.1 Å². The summed E-state index contributed by atoms with van der Waals surface area (Å²) in [5.41, 5.74) is -0.0160. The molecule has 124 valence electrons. The van der Waals surface area contributed by atoms with E-state index in [4.69, 9.17) is 5.11 Å². The molecular weight excluding hydrogens is 311 g/mol. The summed E-state index contributed by atoms with van der Waals surface area (Å²) in [6.07, 6.45) is -2.69. The minimum absolute atomic E-state index is 0.111. The lowest BCUT2D eigenvalue weighted by Crippen LogP contribution is -2.41. The summed E-state index contributed by atoms with van der Waals surface area (Å²) < 4.78 is 37.6. The maximum Gasteiger partial charge on any atom is 0.416 e. The van der Waals surface area contributed by atoms with Crippen molar-refractivity contribution >= 4 is 11.9 Å². The number of carboxylic acids is 1. The molecule has 1 saturated carbocycles. The van der Waals surface area contributed by atoms with Crippen LogP contribution in [0, 0.1) is 5.92 Å². The van der Waals surface area contributed by atoms with E-state index in [1.165, 1.54) is 17.0 Å². The van der Waals surface area contributed by atoms with Gasteiger partial charge in [-0.25, -0.2) is 4.79 Å². The zero-order chi connectivity index (χ0) is 16.8. The predicted octanol–water partition coefficient (Wildman–Crippen LogP) is 2.88. The molecule has 0 radical (unpaired) electrons. The summed E-state index contributed by atoms with van der Waals surface area (Å²) in [6.45, 7) is 0.437. The highest BCUT2D eigenvalue weighted by molar-refractivity contribution is 5.88. The van der Waals surface area contributed by atoms with Crippen LogP contribution in [0.15, 0.2) is 24.3 Å². The van der Waals surface area contributed by atoms with Crippen molar-refractivity contribution in [3.05, 3.63) is 35.4 Å². The van der Waals surface area contributed by atoms with E-state index >= 15 is 0 Å². The number of carbonyl (C=O) groups is 2. The first-order valence-electron chi connectivity index (χ1n) is 7.49. The van der Waals surface area contributed by atoms with Gasteiger partial charge in [-0.05, 0) is 42.9 Å². The van der Waals surface area contributed by atoms with Crippen molar-refractivity contribution in [1.82, 2.24) is 4.90 Å². The van der Waals surface area contributed by atoms with Crippen LogP contribution in [0.5, 0.6) is 0 Å². The normalized spacial score (nSPS) is 27.1. The number of rotatable bonds is 3. The Labute approximate surface area is 130 Å². The van der Waals surface area contributed by atoms with Crippen molar-refractivity contribution in [2.75, 3.05) is 6.54 Å². The number of aliphatic carboxylic acids is 1. The molecule has 1 saturated heterocycles. The van der Waals surface area contributed by atoms with Crippen LogP contribution in [0.3, 0.4) is 0 Å². The molecule has 4 nitrogen and oxygen atoms in total. The summed E-state index contributed by atoms with van der Waals surface area (Å²) in [5, 5.41) is 9.12. The Morgan fingerprint density at radius 1 is 1.17 bits per heavy atom. The first-order chi connectivity index (χ1) is 10.8. The Bertz CT molecular complexity index is 626. The Kier molecular flexibility index (Phi) is 3.82. The lowest BCUT2D eigenvalue weighted by molar-refractivity contribution is -0.148. The van der Waals surface area contributed by atoms with E-state index in [0.717, 1.165) is 12.1 Å². The molecular formula is C16H16F3NO3. The number of nitrogens with zero attached hydrogens (tertiary/aromatic N) is 1. The van der Waals surface area contributed by atoms with Crippen molar-refractivity contribution in [2.45, 2.75) is 37.4 Å². The minimum Gasteiger partial charge on any atom is -0.480 e. The number of hydrogen-bond acceptors (Lipinski definition) is 2. The largest absolute Gasteiger partial charge is 0.480 e. The molecule has 1 aliphatic heterocycles.